The van der Waals surface area contributed by atoms with E-state index >= 15 is 0 Å². The molecule has 0 aliphatic carbocycles. The van der Waals surface area contributed by atoms with Gasteiger partial charge < -0.3 is 10.1 Å². The molecule has 0 bridgehead atoms. The monoisotopic (exact) mass is 291 g/mol. The van der Waals surface area contributed by atoms with Gasteiger partial charge in [0, 0.05) is 31.9 Å². The molecule has 1 saturated heterocycles. The largest absolute Gasteiger partial charge is 0.372 e. The van der Waals surface area contributed by atoms with Crippen molar-refractivity contribution in [3.63, 3.8) is 0 Å². The van der Waals surface area contributed by atoms with Gasteiger partial charge in [-0.05, 0) is 31.5 Å². The molecular weight excluding hydrogens is 262 g/mol. The molecule has 0 spiro atoms. The Labute approximate surface area is 128 Å². The first-order chi connectivity index (χ1) is 10.2. The van der Waals surface area contributed by atoms with Gasteiger partial charge in [-0.15, -0.1) is 0 Å². The average Bonchev–Trinajstić information content (AvgIpc) is 2.93. The molecule has 118 valence electrons. The molecule has 1 aromatic rings. The lowest BCUT2D eigenvalue weighted by Gasteiger charge is -2.24. The van der Waals surface area contributed by atoms with E-state index in [1.807, 2.05) is 12.3 Å². The van der Waals surface area contributed by atoms with Crippen molar-refractivity contribution in [3.05, 3.63) is 30.1 Å². The van der Waals surface area contributed by atoms with Crippen molar-refractivity contribution >= 4 is 0 Å². The second-order valence-electron chi connectivity index (χ2n) is 6.17. The van der Waals surface area contributed by atoms with Gasteiger partial charge >= 0.3 is 0 Å². The Morgan fingerprint density at radius 2 is 2.14 bits per heavy atom. The molecule has 0 radical (unpaired) electrons. The average molecular weight is 291 g/mol. The van der Waals surface area contributed by atoms with Crippen molar-refractivity contribution < 1.29 is 4.74 Å². The van der Waals surface area contributed by atoms with E-state index in [1.54, 1.807) is 0 Å². The zero-order valence-corrected chi connectivity index (χ0v) is 13.6. The second kappa shape index (κ2) is 8.47. The molecule has 4 heteroatoms. The molecule has 1 N–H and O–H groups in total. The highest BCUT2D eigenvalue weighted by Gasteiger charge is 2.26. The molecule has 2 heterocycles. The van der Waals surface area contributed by atoms with Gasteiger partial charge in [-0.1, -0.05) is 26.8 Å². The molecule has 0 aromatic carbocycles. The van der Waals surface area contributed by atoms with E-state index in [-0.39, 0.29) is 0 Å². The minimum atomic E-state index is 0.368. The summed E-state index contributed by atoms with van der Waals surface area (Å²) in [7, 11) is 0. The van der Waals surface area contributed by atoms with Gasteiger partial charge in [0.2, 0.25) is 0 Å². The predicted octanol–water partition coefficient (Wildman–Crippen LogP) is 2.45. The van der Waals surface area contributed by atoms with E-state index in [0.29, 0.717) is 18.2 Å². The van der Waals surface area contributed by atoms with Crippen molar-refractivity contribution in [2.75, 3.05) is 19.6 Å². The summed E-state index contributed by atoms with van der Waals surface area (Å²) in [5, 5.41) is 3.47. The van der Waals surface area contributed by atoms with E-state index in [9.17, 15) is 0 Å². The zero-order valence-electron chi connectivity index (χ0n) is 13.6. The maximum atomic E-state index is 6.16. The normalized spacial score (nSPS) is 22.3. The molecule has 2 rings (SSSR count). The van der Waals surface area contributed by atoms with Crippen LogP contribution in [0.4, 0.5) is 0 Å². The highest BCUT2D eigenvalue weighted by molar-refractivity contribution is 5.03. The predicted molar refractivity (Wildman–Crippen MR) is 86.2 cm³/mol. The van der Waals surface area contributed by atoms with Gasteiger partial charge in [0.05, 0.1) is 17.9 Å². The topological polar surface area (TPSA) is 37.4 Å². The summed E-state index contributed by atoms with van der Waals surface area (Å²) >= 11 is 0. The molecule has 1 fully saturated rings. The Morgan fingerprint density at radius 1 is 1.33 bits per heavy atom. The van der Waals surface area contributed by atoms with Crippen LogP contribution < -0.4 is 5.32 Å². The smallest absolute Gasteiger partial charge is 0.0707 e. The van der Waals surface area contributed by atoms with Crippen LogP contribution >= 0.6 is 0 Å². The molecular formula is C17H29N3O. The van der Waals surface area contributed by atoms with Crippen molar-refractivity contribution in [2.24, 2.45) is 0 Å². The van der Waals surface area contributed by atoms with Gasteiger partial charge in [0.15, 0.2) is 0 Å². The van der Waals surface area contributed by atoms with Gasteiger partial charge in [-0.3, -0.25) is 9.88 Å². The standard InChI is InChI=1S/C17H29N3O/c1-4-20(12-15-7-5-6-10-18-15)13-17-9-8-16(21-17)11-19-14(2)3/h5-7,10,14,16-17,19H,4,8-9,11-13H2,1-3H3. The molecule has 0 saturated carbocycles. The van der Waals surface area contributed by atoms with Crippen LogP contribution in [0.2, 0.25) is 0 Å². The summed E-state index contributed by atoms with van der Waals surface area (Å²) in [5.41, 5.74) is 1.13. The third-order valence-corrected chi connectivity index (χ3v) is 3.97. The maximum Gasteiger partial charge on any atom is 0.0707 e. The number of hydrogen-bond donors (Lipinski definition) is 1. The Bertz CT molecular complexity index is 396. The van der Waals surface area contributed by atoms with Gasteiger partial charge in [-0.2, -0.15) is 0 Å². The van der Waals surface area contributed by atoms with Crippen LogP contribution in [-0.4, -0.2) is 47.8 Å². The molecule has 2 atom stereocenters. The fourth-order valence-corrected chi connectivity index (χ4v) is 2.75. The van der Waals surface area contributed by atoms with Crippen LogP contribution in [0, 0.1) is 0 Å². The molecule has 1 aliphatic rings. The molecule has 0 amide bonds. The second-order valence-corrected chi connectivity index (χ2v) is 6.17. The van der Waals surface area contributed by atoms with Crippen molar-refractivity contribution in [1.82, 2.24) is 15.2 Å². The minimum absolute atomic E-state index is 0.368. The lowest BCUT2D eigenvalue weighted by Crippen LogP contribution is -2.35. The maximum absolute atomic E-state index is 6.16. The fourth-order valence-electron chi connectivity index (χ4n) is 2.75. The van der Waals surface area contributed by atoms with E-state index in [4.69, 9.17) is 4.74 Å². The quantitative estimate of drug-likeness (QED) is 0.798. The van der Waals surface area contributed by atoms with Gasteiger partial charge in [-0.25, -0.2) is 0 Å². The number of aromatic nitrogens is 1. The molecule has 1 aromatic heterocycles. The SMILES string of the molecule is CCN(Cc1ccccn1)CC1CCC(CNC(C)C)O1. The summed E-state index contributed by atoms with van der Waals surface area (Å²) in [6.45, 7) is 10.5. The summed E-state index contributed by atoms with van der Waals surface area (Å²) in [6.07, 6.45) is 4.95. The Morgan fingerprint density at radius 3 is 2.81 bits per heavy atom. The van der Waals surface area contributed by atoms with E-state index in [1.165, 1.54) is 12.8 Å². The number of pyridine rings is 1. The van der Waals surface area contributed by atoms with Crippen LogP contribution in [-0.2, 0) is 11.3 Å². The number of nitrogens with zero attached hydrogens (tertiary/aromatic N) is 2. The first-order valence-electron chi connectivity index (χ1n) is 8.18. The number of hydrogen-bond acceptors (Lipinski definition) is 4. The third kappa shape index (κ3) is 5.73. The van der Waals surface area contributed by atoms with Gasteiger partial charge in [0.1, 0.15) is 0 Å². The summed E-state index contributed by atoms with van der Waals surface area (Å²) in [6, 6.07) is 6.64. The first kappa shape index (κ1) is 16.4. The highest BCUT2D eigenvalue weighted by Crippen LogP contribution is 2.20. The van der Waals surface area contributed by atoms with E-state index < -0.39 is 0 Å². The summed E-state index contributed by atoms with van der Waals surface area (Å²) in [4.78, 5) is 6.83. The van der Waals surface area contributed by atoms with Crippen molar-refractivity contribution in [3.8, 4) is 0 Å². The Kier molecular flexibility index (Phi) is 6.61. The lowest BCUT2D eigenvalue weighted by atomic mass is 10.2. The van der Waals surface area contributed by atoms with Crippen LogP contribution in [0.1, 0.15) is 39.3 Å². The number of rotatable bonds is 8. The van der Waals surface area contributed by atoms with E-state index in [2.05, 4.69) is 48.1 Å². The summed E-state index contributed by atoms with van der Waals surface area (Å²) in [5.74, 6) is 0. The van der Waals surface area contributed by atoms with Crippen LogP contribution in [0.5, 0.6) is 0 Å². The Balaban J connectivity index is 1.75. The minimum Gasteiger partial charge on any atom is -0.372 e. The first-order valence-corrected chi connectivity index (χ1v) is 8.18. The summed E-state index contributed by atoms with van der Waals surface area (Å²) < 4.78 is 6.16. The molecule has 21 heavy (non-hydrogen) atoms. The Hall–Kier alpha value is -0.970. The molecule has 4 nitrogen and oxygen atoms in total. The number of ether oxygens (including phenoxy) is 1. The van der Waals surface area contributed by atoms with E-state index in [0.717, 1.165) is 31.9 Å². The fraction of sp³-hybridized carbons (Fsp3) is 0.706. The van der Waals surface area contributed by atoms with Crippen LogP contribution in [0.3, 0.4) is 0 Å². The van der Waals surface area contributed by atoms with Gasteiger partial charge in [0.25, 0.3) is 0 Å². The third-order valence-electron chi connectivity index (χ3n) is 3.97. The molecule has 2 unspecified atom stereocenters. The number of nitrogens with one attached hydrogen (secondary N) is 1. The van der Waals surface area contributed by atoms with Crippen molar-refractivity contribution in [2.45, 2.75) is 58.4 Å². The highest BCUT2D eigenvalue weighted by atomic mass is 16.5. The zero-order chi connectivity index (χ0) is 15.1. The van der Waals surface area contributed by atoms with Crippen LogP contribution in [0.25, 0.3) is 0 Å². The molecule has 1 aliphatic heterocycles. The lowest BCUT2D eigenvalue weighted by molar-refractivity contribution is 0.0218. The number of likely N-dealkylation sites (N-methyl/N-ethyl adjacent to an activating group) is 1. The van der Waals surface area contributed by atoms with Crippen LogP contribution in [0.15, 0.2) is 24.4 Å². The van der Waals surface area contributed by atoms with Crippen molar-refractivity contribution in [1.29, 1.82) is 0 Å².